The average molecular weight is 382 g/mol. The van der Waals surface area contributed by atoms with E-state index in [1.165, 1.54) is 33.5 Å². The zero-order valence-electron chi connectivity index (χ0n) is 17.2. The second kappa shape index (κ2) is 8.27. The number of nitrogens with one attached hydrogen (secondary N) is 1. The lowest BCUT2D eigenvalue weighted by atomic mass is 10.1. The van der Waals surface area contributed by atoms with Crippen LogP contribution in [0.25, 0.3) is 10.8 Å². The molecule has 3 nitrogen and oxygen atoms in total. The molecular formula is C26H27N3. The molecule has 1 atom stereocenters. The highest BCUT2D eigenvalue weighted by Gasteiger charge is 2.25. The van der Waals surface area contributed by atoms with E-state index in [1.54, 1.807) is 0 Å². The first-order chi connectivity index (χ1) is 14.1. The summed E-state index contributed by atoms with van der Waals surface area (Å²) in [5.74, 6) is 0. The summed E-state index contributed by atoms with van der Waals surface area (Å²) in [6.07, 6.45) is 0.305. The van der Waals surface area contributed by atoms with E-state index in [1.807, 2.05) is 6.07 Å². The van der Waals surface area contributed by atoms with E-state index in [2.05, 4.69) is 127 Å². The highest BCUT2D eigenvalue weighted by molar-refractivity contribution is 5.94. The van der Waals surface area contributed by atoms with Crippen LogP contribution in [0, 0.1) is 0 Å². The lowest BCUT2D eigenvalue weighted by molar-refractivity contribution is 0.843. The molecule has 0 radical (unpaired) electrons. The maximum absolute atomic E-state index is 3.47. The Morgan fingerprint density at radius 1 is 0.724 bits per heavy atom. The fourth-order valence-electron chi connectivity index (χ4n) is 3.85. The van der Waals surface area contributed by atoms with Crippen molar-refractivity contribution in [2.75, 3.05) is 29.2 Å². The molecule has 0 fully saturated rings. The van der Waals surface area contributed by atoms with E-state index in [0.717, 1.165) is 0 Å². The quantitative estimate of drug-likeness (QED) is 0.427. The van der Waals surface area contributed by atoms with Crippen molar-refractivity contribution in [3.63, 3.8) is 0 Å². The Labute approximate surface area is 173 Å². The zero-order chi connectivity index (χ0) is 20.2. The third-order valence-corrected chi connectivity index (χ3v) is 5.20. The predicted molar refractivity (Wildman–Crippen MR) is 126 cm³/mol. The lowest BCUT2D eigenvalue weighted by Gasteiger charge is -2.23. The van der Waals surface area contributed by atoms with Crippen LogP contribution in [-0.2, 0) is 0 Å². The van der Waals surface area contributed by atoms with Gasteiger partial charge in [-0.15, -0.1) is 0 Å². The molecule has 4 aromatic rings. The smallest absolute Gasteiger partial charge is 0.101 e. The van der Waals surface area contributed by atoms with Gasteiger partial charge in [0.2, 0.25) is 0 Å². The minimum absolute atomic E-state index is 0.305. The van der Waals surface area contributed by atoms with Gasteiger partial charge < -0.3 is 15.1 Å². The maximum atomic E-state index is 3.47. The van der Waals surface area contributed by atoms with Crippen molar-refractivity contribution in [3.8, 4) is 0 Å². The van der Waals surface area contributed by atoms with Gasteiger partial charge >= 0.3 is 0 Å². The molecule has 0 aliphatic carbocycles. The summed E-state index contributed by atoms with van der Waals surface area (Å²) in [6, 6.07) is 33.7. The van der Waals surface area contributed by atoms with Crippen molar-refractivity contribution in [2.45, 2.75) is 13.1 Å². The molecule has 0 amide bonds. The number of para-hydroxylation sites is 3. The number of rotatable bonds is 2. The fraction of sp³-hybridized carbons (Fsp3) is 0.154. The molecule has 0 bridgehead atoms. The number of hydrogen-bond donors (Lipinski definition) is 1. The summed E-state index contributed by atoms with van der Waals surface area (Å²) in [4.78, 5) is 4.46. The van der Waals surface area contributed by atoms with Gasteiger partial charge in [-0.2, -0.15) is 0 Å². The van der Waals surface area contributed by atoms with Crippen LogP contribution in [-0.4, -0.2) is 20.3 Å². The Hall–Kier alpha value is -3.46. The molecule has 1 unspecified atom stereocenters. The molecule has 4 aromatic carbocycles. The second-order valence-corrected chi connectivity index (χ2v) is 7.44. The standard InChI is InChI=1S/C14H14N2.C12H13N/c1-11-15-13-9-5-6-10-14(13)16(11)12-7-3-2-4-8-12;1-13(2)12-9-5-7-10-6-3-4-8-11(10)12/h2-11,15H,1H3;3-9H,1-2H3. The largest absolute Gasteiger partial charge is 0.377 e. The fourth-order valence-corrected chi connectivity index (χ4v) is 3.85. The van der Waals surface area contributed by atoms with Crippen molar-refractivity contribution in [2.24, 2.45) is 0 Å². The van der Waals surface area contributed by atoms with Gasteiger partial charge in [0.25, 0.3) is 0 Å². The molecular weight excluding hydrogens is 354 g/mol. The Kier molecular flexibility index (Phi) is 5.39. The Morgan fingerprint density at radius 3 is 2.17 bits per heavy atom. The first-order valence-corrected chi connectivity index (χ1v) is 10.00. The van der Waals surface area contributed by atoms with Gasteiger partial charge in [-0.25, -0.2) is 0 Å². The Morgan fingerprint density at radius 2 is 1.38 bits per heavy atom. The van der Waals surface area contributed by atoms with E-state index < -0.39 is 0 Å². The van der Waals surface area contributed by atoms with Gasteiger partial charge in [-0.1, -0.05) is 66.7 Å². The number of hydrogen-bond acceptors (Lipinski definition) is 3. The van der Waals surface area contributed by atoms with Gasteiger partial charge in [0.15, 0.2) is 0 Å². The zero-order valence-corrected chi connectivity index (χ0v) is 17.2. The molecule has 0 saturated heterocycles. The monoisotopic (exact) mass is 381 g/mol. The van der Waals surface area contributed by atoms with Gasteiger partial charge in [-0.3, -0.25) is 0 Å². The van der Waals surface area contributed by atoms with Crippen LogP contribution in [0.2, 0.25) is 0 Å². The van der Waals surface area contributed by atoms with E-state index in [-0.39, 0.29) is 0 Å². The van der Waals surface area contributed by atoms with Crippen LogP contribution in [0.15, 0.2) is 97.1 Å². The SMILES string of the molecule is CC1Nc2ccccc2N1c1ccccc1.CN(C)c1cccc2ccccc12. The number of anilines is 4. The molecule has 0 saturated carbocycles. The third-order valence-electron chi connectivity index (χ3n) is 5.20. The summed E-state index contributed by atoms with van der Waals surface area (Å²) in [5.41, 5.74) is 4.96. The summed E-state index contributed by atoms with van der Waals surface area (Å²) in [7, 11) is 4.14. The van der Waals surface area contributed by atoms with Crippen LogP contribution in [0.4, 0.5) is 22.7 Å². The van der Waals surface area contributed by atoms with Crippen LogP contribution in [0.1, 0.15) is 6.92 Å². The van der Waals surface area contributed by atoms with Crippen LogP contribution >= 0.6 is 0 Å². The number of benzene rings is 4. The van der Waals surface area contributed by atoms with Crippen LogP contribution in [0.3, 0.4) is 0 Å². The van der Waals surface area contributed by atoms with Crippen molar-refractivity contribution in [3.05, 3.63) is 97.1 Å². The number of nitrogens with zero attached hydrogens (tertiary/aromatic N) is 2. The minimum Gasteiger partial charge on any atom is -0.377 e. The van der Waals surface area contributed by atoms with E-state index in [0.29, 0.717) is 6.17 Å². The lowest BCUT2D eigenvalue weighted by Crippen LogP contribution is -2.28. The van der Waals surface area contributed by atoms with Crippen molar-refractivity contribution < 1.29 is 0 Å². The highest BCUT2D eigenvalue weighted by Crippen LogP contribution is 2.39. The van der Waals surface area contributed by atoms with Crippen LogP contribution < -0.4 is 15.1 Å². The summed E-state index contributed by atoms with van der Waals surface area (Å²) in [6.45, 7) is 2.17. The van der Waals surface area contributed by atoms with Gasteiger partial charge in [0.05, 0.1) is 11.4 Å². The first-order valence-electron chi connectivity index (χ1n) is 10.00. The molecule has 1 heterocycles. The van der Waals surface area contributed by atoms with Crippen molar-refractivity contribution >= 4 is 33.5 Å². The highest BCUT2D eigenvalue weighted by atomic mass is 15.3. The molecule has 0 spiro atoms. The molecule has 3 heteroatoms. The Bertz CT molecular complexity index is 1080. The molecule has 146 valence electrons. The van der Waals surface area contributed by atoms with Gasteiger partial charge in [0, 0.05) is 30.9 Å². The Balaban J connectivity index is 0.000000145. The van der Waals surface area contributed by atoms with E-state index in [9.17, 15) is 0 Å². The molecule has 0 aromatic heterocycles. The van der Waals surface area contributed by atoms with Crippen molar-refractivity contribution in [1.29, 1.82) is 0 Å². The normalized spacial score (nSPS) is 14.6. The van der Waals surface area contributed by atoms with Gasteiger partial charge in [-0.05, 0) is 42.6 Å². The third kappa shape index (κ3) is 3.90. The second-order valence-electron chi connectivity index (χ2n) is 7.44. The molecule has 1 N–H and O–H groups in total. The van der Waals surface area contributed by atoms with E-state index >= 15 is 0 Å². The predicted octanol–water partition coefficient (Wildman–Crippen LogP) is 6.50. The summed E-state index contributed by atoms with van der Waals surface area (Å²) in [5, 5.41) is 6.09. The molecule has 5 rings (SSSR count). The summed E-state index contributed by atoms with van der Waals surface area (Å²) < 4.78 is 0. The molecule has 29 heavy (non-hydrogen) atoms. The maximum Gasteiger partial charge on any atom is 0.101 e. The molecule has 1 aliphatic heterocycles. The van der Waals surface area contributed by atoms with E-state index in [4.69, 9.17) is 0 Å². The van der Waals surface area contributed by atoms with Crippen molar-refractivity contribution in [1.82, 2.24) is 0 Å². The summed E-state index contributed by atoms with van der Waals surface area (Å²) >= 11 is 0. The minimum atomic E-state index is 0.305. The van der Waals surface area contributed by atoms with Gasteiger partial charge in [0.1, 0.15) is 6.17 Å². The number of fused-ring (bicyclic) bond motifs is 2. The molecule has 1 aliphatic rings. The average Bonchev–Trinajstić information content (AvgIpc) is 3.10. The topological polar surface area (TPSA) is 18.5 Å². The first kappa shape index (κ1) is 18.9. The van der Waals surface area contributed by atoms with Crippen LogP contribution in [0.5, 0.6) is 0 Å².